The van der Waals surface area contributed by atoms with Crippen LogP contribution in [0.5, 0.6) is 0 Å². The summed E-state index contributed by atoms with van der Waals surface area (Å²) >= 11 is 0. The molecular weight excluding hydrogens is 254 g/mol. The Balaban J connectivity index is 2.76. The third-order valence-electron chi connectivity index (χ3n) is 3.11. The maximum absolute atomic E-state index is 12.2. The van der Waals surface area contributed by atoms with Gasteiger partial charge >= 0.3 is 5.97 Å². The van der Waals surface area contributed by atoms with E-state index in [0.717, 1.165) is 5.56 Å². The number of hydrogen-bond donors (Lipinski definition) is 2. The lowest BCUT2D eigenvalue weighted by molar-refractivity contribution is -0.137. The monoisotopic (exact) mass is 277 g/mol. The van der Waals surface area contributed by atoms with E-state index in [1.165, 1.54) is 0 Å². The number of nitrogens with one attached hydrogen (secondary N) is 1. The third kappa shape index (κ3) is 4.68. The van der Waals surface area contributed by atoms with Crippen LogP contribution in [0.3, 0.4) is 0 Å². The molecule has 110 valence electrons. The summed E-state index contributed by atoms with van der Waals surface area (Å²) in [5, 5.41) is 11.5. The Bertz CT molecular complexity index is 489. The molecule has 0 spiro atoms. The van der Waals surface area contributed by atoms with Crippen LogP contribution in [-0.2, 0) is 10.2 Å². The van der Waals surface area contributed by atoms with Gasteiger partial charge in [0.15, 0.2) is 0 Å². The molecule has 1 atom stereocenters. The van der Waals surface area contributed by atoms with Crippen molar-refractivity contribution in [2.45, 2.75) is 39.5 Å². The molecule has 4 heteroatoms. The van der Waals surface area contributed by atoms with E-state index in [-0.39, 0.29) is 23.7 Å². The van der Waals surface area contributed by atoms with E-state index in [9.17, 15) is 9.59 Å². The molecule has 1 aromatic carbocycles. The standard InChI is InChI=1S/C16H23NO3/c1-11(9-14(18)19)10-17-15(20)12-7-5-6-8-13(12)16(2,3)4/h5-8,11H,9-10H2,1-4H3,(H,17,20)(H,18,19). The van der Waals surface area contributed by atoms with Crippen molar-refractivity contribution in [3.8, 4) is 0 Å². The molecule has 0 aromatic heterocycles. The molecule has 0 radical (unpaired) electrons. The molecule has 1 unspecified atom stereocenters. The van der Waals surface area contributed by atoms with Gasteiger partial charge in [-0.05, 0) is 23.0 Å². The van der Waals surface area contributed by atoms with Crippen LogP contribution in [0.15, 0.2) is 24.3 Å². The number of carbonyl (C=O) groups excluding carboxylic acids is 1. The number of aliphatic carboxylic acids is 1. The Morgan fingerprint density at radius 1 is 1.25 bits per heavy atom. The van der Waals surface area contributed by atoms with Crippen molar-refractivity contribution in [2.75, 3.05) is 6.54 Å². The minimum absolute atomic E-state index is 0.0567. The maximum Gasteiger partial charge on any atom is 0.303 e. The number of rotatable bonds is 5. The van der Waals surface area contributed by atoms with Gasteiger partial charge in [0, 0.05) is 18.5 Å². The molecule has 4 nitrogen and oxygen atoms in total. The summed E-state index contributed by atoms with van der Waals surface area (Å²) < 4.78 is 0. The molecule has 1 aromatic rings. The van der Waals surface area contributed by atoms with Gasteiger partial charge in [-0.15, -0.1) is 0 Å². The fraction of sp³-hybridized carbons (Fsp3) is 0.500. The molecule has 0 bridgehead atoms. The number of carboxylic acid groups (broad SMARTS) is 1. The zero-order chi connectivity index (χ0) is 15.3. The Hall–Kier alpha value is -1.84. The number of hydrogen-bond acceptors (Lipinski definition) is 2. The van der Waals surface area contributed by atoms with Gasteiger partial charge in [-0.3, -0.25) is 9.59 Å². The lowest BCUT2D eigenvalue weighted by atomic mass is 9.83. The van der Waals surface area contributed by atoms with Gasteiger partial charge in [-0.25, -0.2) is 0 Å². The van der Waals surface area contributed by atoms with Gasteiger partial charge in [-0.2, -0.15) is 0 Å². The quantitative estimate of drug-likeness (QED) is 0.869. The van der Waals surface area contributed by atoms with Crippen LogP contribution < -0.4 is 5.32 Å². The van der Waals surface area contributed by atoms with Crippen LogP contribution in [0.4, 0.5) is 0 Å². The molecule has 2 N–H and O–H groups in total. The summed E-state index contributed by atoms with van der Waals surface area (Å²) in [6.07, 6.45) is 0.0567. The van der Waals surface area contributed by atoms with E-state index >= 15 is 0 Å². The Morgan fingerprint density at radius 2 is 1.85 bits per heavy atom. The highest BCUT2D eigenvalue weighted by atomic mass is 16.4. The molecule has 0 saturated carbocycles. The van der Waals surface area contributed by atoms with Crippen LogP contribution >= 0.6 is 0 Å². The first kappa shape index (κ1) is 16.2. The highest BCUT2D eigenvalue weighted by molar-refractivity contribution is 5.96. The zero-order valence-corrected chi connectivity index (χ0v) is 12.6. The van der Waals surface area contributed by atoms with Crippen LogP contribution in [0.25, 0.3) is 0 Å². The largest absolute Gasteiger partial charge is 0.481 e. The normalized spacial score (nSPS) is 12.8. The first-order chi connectivity index (χ1) is 9.21. The minimum Gasteiger partial charge on any atom is -0.481 e. The highest BCUT2D eigenvalue weighted by Gasteiger charge is 2.21. The topological polar surface area (TPSA) is 66.4 Å². The van der Waals surface area contributed by atoms with Gasteiger partial charge in [0.2, 0.25) is 0 Å². The van der Waals surface area contributed by atoms with E-state index in [1.54, 1.807) is 6.07 Å². The van der Waals surface area contributed by atoms with Crippen molar-refractivity contribution >= 4 is 11.9 Å². The SMILES string of the molecule is CC(CNC(=O)c1ccccc1C(C)(C)C)CC(=O)O. The van der Waals surface area contributed by atoms with Gasteiger partial charge < -0.3 is 10.4 Å². The number of carbonyl (C=O) groups is 2. The molecule has 0 aliphatic heterocycles. The lowest BCUT2D eigenvalue weighted by Gasteiger charge is -2.22. The fourth-order valence-corrected chi connectivity index (χ4v) is 2.07. The second-order valence-corrected chi connectivity index (χ2v) is 6.21. The lowest BCUT2D eigenvalue weighted by Crippen LogP contribution is -2.31. The van der Waals surface area contributed by atoms with Gasteiger partial charge in [0.1, 0.15) is 0 Å². The molecule has 0 fully saturated rings. The average Bonchev–Trinajstić information content (AvgIpc) is 2.34. The summed E-state index contributed by atoms with van der Waals surface area (Å²) in [5.41, 5.74) is 1.53. The number of carboxylic acids is 1. The second-order valence-electron chi connectivity index (χ2n) is 6.21. The summed E-state index contributed by atoms with van der Waals surface area (Å²) in [6, 6.07) is 7.52. The van der Waals surface area contributed by atoms with Crippen LogP contribution in [0.2, 0.25) is 0 Å². The van der Waals surface area contributed by atoms with Gasteiger partial charge in [0.05, 0.1) is 0 Å². The van der Waals surface area contributed by atoms with E-state index in [0.29, 0.717) is 12.1 Å². The Morgan fingerprint density at radius 3 is 2.40 bits per heavy atom. The minimum atomic E-state index is -0.846. The Labute approximate surface area is 120 Å². The maximum atomic E-state index is 12.2. The highest BCUT2D eigenvalue weighted by Crippen LogP contribution is 2.25. The predicted octanol–water partition coefficient (Wildman–Crippen LogP) is 2.82. The van der Waals surface area contributed by atoms with Crippen LogP contribution in [-0.4, -0.2) is 23.5 Å². The molecule has 0 heterocycles. The Kier molecular flexibility index (Phi) is 5.31. The van der Waals surface area contributed by atoms with Crippen molar-refractivity contribution < 1.29 is 14.7 Å². The first-order valence-corrected chi connectivity index (χ1v) is 6.81. The zero-order valence-electron chi connectivity index (χ0n) is 12.6. The third-order valence-corrected chi connectivity index (χ3v) is 3.11. The van der Waals surface area contributed by atoms with Gasteiger partial charge in [0.25, 0.3) is 5.91 Å². The summed E-state index contributed by atoms with van der Waals surface area (Å²) in [6.45, 7) is 8.36. The molecular formula is C16H23NO3. The molecule has 0 aliphatic carbocycles. The van der Waals surface area contributed by atoms with Crippen molar-refractivity contribution in [3.05, 3.63) is 35.4 Å². The van der Waals surface area contributed by atoms with Crippen LogP contribution in [0.1, 0.15) is 50.0 Å². The van der Waals surface area contributed by atoms with Crippen molar-refractivity contribution in [2.24, 2.45) is 5.92 Å². The van der Waals surface area contributed by atoms with Crippen LogP contribution in [0, 0.1) is 5.92 Å². The van der Waals surface area contributed by atoms with Crippen molar-refractivity contribution in [1.29, 1.82) is 0 Å². The average molecular weight is 277 g/mol. The number of amides is 1. The van der Waals surface area contributed by atoms with Crippen molar-refractivity contribution in [3.63, 3.8) is 0 Å². The molecule has 0 saturated heterocycles. The second kappa shape index (κ2) is 6.55. The van der Waals surface area contributed by atoms with E-state index < -0.39 is 5.97 Å². The summed E-state index contributed by atoms with van der Waals surface area (Å²) in [5.74, 6) is -1.08. The van der Waals surface area contributed by atoms with E-state index in [2.05, 4.69) is 26.1 Å². The molecule has 1 amide bonds. The van der Waals surface area contributed by atoms with Gasteiger partial charge in [-0.1, -0.05) is 45.9 Å². The predicted molar refractivity (Wildman–Crippen MR) is 78.9 cm³/mol. The smallest absolute Gasteiger partial charge is 0.303 e. The van der Waals surface area contributed by atoms with E-state index in [4.69, 9.17) is 5.11 Å². The summed E-state index contributed by atoms with van der Waals surface area (Å²) in [7, 11) is 0. The molecule has 1 rings (SSSR count). The molecule has 0 aliphatic rings. The first-order valence-electron chi connectivity index (χ1n) is 6.81. The molecule has 20 heavy (non-hydrogen) atoms. The summed E-state index contributed by atoms with van der Waals surface area (Å²) in [4.78, 5) is 22.8. The van der Waals surface area contributed by atoms with Crippen molar-refractivity contribution in [1.82, 2.24) is 5.32 Å². The van der Waals surface area contributed by atoms with E-state index in [1.807, 2.05) is 25.1 Å². The fourth-order valence-electron chi connectivity index (χ4n) is 2.07. The number of benzene rings is 1.